The van der Waals surface area contributed by atoms with Crippen LogP contribution in [-0.2, 0) is 0 Å². The van der Waals surface area contributed by atoms with Crippen LogP contribution in [0, 0.1) is 5.82 Å². The molecule has 0 fully saturated rings. The topological polar surface area (TPSA) is 41.5 Å². The van der Waals surface area contributed by atoms with Crippen molar-refractivity contribution in [2.75, 3.05) is 13.2 Å². The van der Waals surface area contributed by atoms with E-state index in [-0.39, 0.29) is 18.5 Å². The molecule has 1 aromatic carbocycles. The van der Waals surface area contributed by atoms with Crippen molar-refractivity contribution in [1.82, 2.24) is 5.32 Å². The van der Waals surface area contributed by atoms with E-state index in [2.05, 4.69) is 12.2 Å². The molecule has 0 aliphatic rings. The zero-order valence-corrected chi connectivity index (χ0v) is 12.2. The van der Waals surface area contributed by atoms with Crippen LogP contribution in [0.1, 0.15) is 45.7 Å². The van der Waals surface area contributed by atoms with E-state index in [1.54, 1.807) is 26.0 Å². The van der Waals surface area contributed by atoms with Crippen LogP contribution in [0.4, 0.5) is 4.39 Å². The van der Waals surface area contributed by atoms with Gasteiger partial charge in [-0.25, -0.2) is 4.39 Å². The summed E-state index contributed by atoms with van der Waals surface area (Å²) in [6.45, 7) is 8.30. The third-order valence-electron chi connectivity index (χ3n) is 2.73. The molecule has 2 N–H and O–H groups in total. The van der Waals surface area contributed by atoms with E-state index < -0.39 is 5.60 Å². The molecule has 0 spiro atoms. The Labute approximate surface area is 114 Å². The van der Waals surface area contributed by atoms with Gasteiger partial charge < -0.3 is 15.2 Å². The van der Waals surface area contributed by atoms with E-state index in [0.29, 0.717) is 11.3 Å². The van der Waals surface area contributed by atoms with Gasteiger partial charge in [-0.3, -0.25) is 0 Å². The average Bonchev–Trinajstić information content (AvgIpc) is 2.32. The Hall–Kier alpha value is -1.13. The Kier molecular flexibility index (Phi) is 5.76. The van der Waals surface area contributed by atoms with Gasteiger partial charge in [0, 0.05) is 17.7 Å². The van der Waals surface area contributed by atoms with Crippen molar-refractivity contribution in [3.05, 3.63) is 29.6 Å². The second-order valence-electron chi connectivity index (χ2n) is 5.46. The molecule has 1 atom stereocenters. The van der Waals surface area contributed by atoms with Gasteiger partial charge in [-0.2, -0.15) is 0 Å². The molecule has 3 nitrogen and oxygen atoms in total. The smallest absolute Gasteiger partial charge is 0.131 e. The second kappa shape index (κ2) is 6.87. The fourth-order valence-corrected chi connectivity index (χ4v) is 1.68. The molecule has 0 aliphatic heterocycles. The Morgan fingerprint density at radius 1 is 1.42 bits per heavy atom. The highest BCUT2D eigenvalue weighted by Crippen LogP contribution is 2.22. The number of hydrogen-bond donors (Lipinski definition) is 2. The molecule has 108 valence electrons. The number of benzene rings is 1. The standard InChI is InChI=1S/C15H24FNO2/c1-5-8-17-11(2)13-7-6-12(9-14(13)16)19-10-15(3,4)18/h6-7,9,11,17-18H,5,8,10H2,1-4H3. The van der Waals surface area contributed by atoms with Gasteiger partial charge in [0.15, 0.2) is 0 Å². The van der Waals surface area contributed by atoms with Crippen molar-refractivity contribution < 1.29 is 14.2 Å². The normalized spacial score (nSPS) is 13.4. The molecule has 1 aromatic rings. The highest BCUT2D eigenvalue weighted by Gasteiger charge is 2.15. The van der Waals surface area contributed by atoms with Gasteiger partial charge in [0.25, 0.3) is 0 Å². The fraction of sp³-hybridized carbons (Fsp3) is 0.600. The Bertz CT molecular complexity index is 402. The lowest BCUT2D eigenvalue weighted by Gasteiger charge is -2.19. The molecule has 0 heterocycles. The van der Waals surface area contributed by atoms with E-state index in [4.69, 9.17) is 4.74 Å². The molecule has 0 bridgehead atoms. The fourth-order valence-electron chi connectivity index (χ4n) is 1.68. The summed E-state index contributed by atoms with van der Waals surface area (Å²) in [5, 5.41) is 12.8. The summed E-state index contributed by atoms with van der Waals surface area (Å²) in [7, 11) is 0. The molecule has 1 unspecified atom stereocenters. The molecule has 0 aromatic heterocycles. The maximum atomic E-state index is 14.0. The maximum absolute atomic E-state index is 14.0. The zero-order chi connectivity index (χ0) is 14.5. The van der Waals surface area contributed by atoms with Gasteiger partial charge in [0.05, 0.1) is 5.60 Å². The van der Waals surface area contributed by atoms with Crippen LogP contribution in [0.25, 0.3) is 0 Å². The van der Waals surface area contributed by atoms with Crippen LogP contribution in [0.2, 0.25) is 0 Å². The highest BCUT2D eigenvalue weighted by atomic mass is 19.1. The summed E-state index contributed by atoms with van der Waals surface area (Å²) >= 11 is 0. The largest absolute Gasteiger partial charge is 0.491 e. The van der Waals surface area contributed by atoms with E-state index in [0.717, 1.165) is 13.0 Å². The van der Waals surface area contributed by atoms with Crippen molar-refractivity contribution in [2.45, 2.75) is 45.8 Å². The zero-order valence-electron chi connectivity index (χ0n) is 12.2. The lowest BCUT2D eigenvalue weighted by molar-refractivity contribution is 0.0283. The number of ether oxygens (including phenoxy) is 1. The van der Waals surface area contributed by atoms with Crippen molar-refractivity contribution in [3.8, 4) is 5.75 Å². The first-order valence-corrected chi connectivity index (χ1v) is 6.71. The predicted molar refractivity (Wildman–Crippen MR) is 74.9 cm³/mol. The van der Waals surface area contributed by atoms with E-state index in [1.165, 1.54) is 6.07 Å². The summed E-state index contributed by atoms with van der Waals surface area (Å²) in [4.78, 5) is 0. The molecule has 0 radical (unpaired) electrons. The number of halogens is 1. The minimum atomic E-state index is -0.925. The van der Waals surface area contributed by atoms with Gasteiger partial charge in [0.1, 0.15) is 18.2 Å². The summed E-state index contributed by atoms with van der Waals surface area (Å²) < 4.78 is 19.3. The molecule has 0 aliphatic carbocycles. The molecule has 0 saturated heterocycles. The van der Waals surface area contributed by atoms with Gasteiger partial charge in [-0.05, 0) is 39.8 Å². The third kappa shape index (κ3) is 5.57. The number of nitrogens with one attached hydrogen (secondary N) is 1. The molecule has 1 rings (SSSR count). The van der Waals surface area contributed by atoms with E-state index >= 15 is 0 Å². The first-order chi connectivity index (χ1) is 8.83. The molecule has 0 saturated carbocycles. The molecule has 4 heteroatoms. The van der Waals surface area contributed by atoms with E-state index in [9.17, 15) is 9.50 Å². The first-order valence-electron chi connectivity index (χ1n) is 6.71. The molecule has 19 heavy (non-hydrogen) atoms. The molecular formula is C15H24FNO2. The summed E-state index contributed by atoms with van der Waals surface area (Å²) in [5.41, 5.74) is -0.297. The van der Waals surface area contributed by atoms with Gasteiger partial charge in [0.2, 0.25) is 0 Å². The Morgan fingerprint density at radius 2 is 2.11 bits per heavy atom. The SMILES string of the molecule is CCCNC(C)c1ccc(OCC(C)(C)O)cc1F. The number of hydrogen-bond acceptors (Lipinski definition) is 3. The van der Waals surface area contributed by atoms with Crippen LogP contribution >= 0.6 is 0 Å². The van der Waals surface area contributed by atoms with E-state index in [1.807, 2.05) is 6.92 Å². The van der Waals surface area contributed by atoms with Gasteiger partial charge in [-0.1, -0.05) is 13.0 Å². The van der Waals surface area contributed by atoms with Crippen LogP contribution in [-0.4, -0.2) is 23.9 Å². The Balaban J connectivity index is 2.69. The number of aliphatic hydroxyl groups is 1. The average molecular weight is 269 g/mol. The van der Waals surface area contributed by atoms with Crippen LogP contribution < -0.4 is 10.1 Å². The van der Waals surface area contributed by atoms with Gasteiger partial charge >= 0.3 is 0 Å². The minimum absolute atomic E-state index is 0.0247. The maximum Gasteiger partial charge on any atom is 0.131 e. The third-order valence-corrected chi connectivity index (χ3v) is 2.73. The quantitative estimate of drug-likeness (QED) is 0.799. The molecular weight excluding hydrogens is 245 g/mol. The number of rotatable bonds is 7. The second-order valence-corrected chi connectivity index (χ2v) is 5.46. The van der Waals surface area contributed by atoms with Crippen LogP contribution in [0.5, 0.6) is 5.75 Å². The van der Waals surface area contributed by atoms with Crippen LogP contribution in [0.3, 0.4) is 0 Å². The summed E-state index contributed by atoms with van der Waals surface area (Å²) in [6.07, 6.45) is 1.01. The summed E-state index contributed by atoms with van der Waals surface area (Å²) in [5.74, 6) is 0.149. The molecule has 0 amide bonds. The van der Waals surface area contributed by atoms with Crippen molar-refractivity contribution in [3.63, 3.8) is 0 Å². The van der Waals surface area contributed by atoms with Crippen LogP contribution in [0.15, 0.2) is 18.2 Å². The van der Waals surface area contributed by atoms with Crippen molar-refractivity contribution in [2.24, 2.45) is 0 Å². The monoisotopic (exact) mass is 269 g/mol. The minimum Gasteiger partial charge on any atom is -0.491 e. The lowest BCUT2D eigenvalue weighted by atomic mass is 10.1. The van der Waals surface area contributed by atoms with Gasteiger partial charge in [-0.15, -0.1) is 0 Å². The highest BCUT2D eigenvalue weighted by molar-refractivity contribution is 5.30. The van der Waals surface area contributed by atoms with Crippen molar-refractivity contribution in [1.29, 1.82) is 0 Å². The Morgan fingerprint density at radius 3 is 2.63 bits per heavy atom. The predicted octanol–water partition coefficient (Wildman–Crippen LogP) is 3.04. The first kappa shape index (κ1) is 15.9. The summed E-state index contributed by atoms with van der Waals surface area (Å²) in [6, 6.07) is 4.80. The van der Waals surface area contributed by atoms with Crippen molar-refractivity contribution >= 4 is 0 Å². The lowest BCUT2D eigenvalue weighted by Crippen LogP contribution is -2.28.